The molecule has 1 N–H and O–H groups in total. The summed E-state index contributed by atoms with van der Waals surface area (Å²) in [7, 11) is 3.76. The van der Waals surface area contributed by atoms with Crippen LogP contribution in [0.5, 0.6) is 0 Å². The Morgan fingerprint density at radius 2 is 2.20 bits per heavy atom. The van der Waals surface area contributed by atoms with Gasteiger partial charge in [0.2, 0.25) is 0 Å². The van der Waals surface area contributed by atoms with E-state index in [9.17, 15) is 4.39 Å². The lowest BCUT2D eigenvalue weighted by molar-refractivity contribution is 0.519. The van der Waals surface area contributed by atoms with Crippen LogP contribution in [0.25, 0.3) is 0 Å². The molecule has 0 radical (unpaired) electrons. The highest BCUT2D eigenvalue weighted by atomic mass is 35.5. The number of halogens is 2. The summed E-state index contributed by atoms with van der Waals surface area (Å²) in [5.74, 6) is -0.268. The second-order valence-electron chi connectivity index (χ2n) is 4.78. The van der Waals surface area contributed by atoms with Crippen LogP contribution >= 0.6 is 11.6 Å². The molecule has 0 saturated carbocycles. The maximum atomic E-state index is 13.9. The minimum atomic E-state index is -0.268. The van der Waals surface area contributed by atoms with Gasteiger partial charge in [-0.05, 0) is 38.1 Å². The minimum Gasteiger partial charge on any atom is -0.311 e. The first-order valence-electron chi connectivity index (χ1n) is 6.69. The second kappa shape index (κ2) is 6.37. The van der Waals surface area contributed by atoms with Crippen LogP contribution in [0.3, 0.4) is 0 Å². The van der Waals surface area contributed by atoms with Gasteiger partial charge in [-0.3, -0.25) is 4.68 Å². The van der Waals surface area contributed by atoms with Gasteiger partial charge in [-0.2, -0.15) is 5.10 Å². The van der Waals surface area contributed by atoms with Crippen molar-refractivity contribution in [2.24, 2.45) is 7.05 Å². The van der Waals surface area contributed by atoms with Crippen LogP contribution < -0.4 is 5.32 Å². The third kappa shape index (κ3) is 3.02. The van der Waals surface area contributed by atoms with Crippen LogP contribution in [-0.2, 0) is 19.9 Å². The van der Waals surface area contributed by atoms with Gasteiger partial charge in [-0.25, -0.2) is 4.39 Å². The van der Waals surface area contributed by atoms with Gasteiger partial charge >= 0.3 is 0 Å². The molecule has 0 aliphatic heterocycles. The van der Waals surface area contributed by atoms with E-state index in [0.29, 0.717) is 17.0 Å². The molecule has 0 spiro atoms. The van der Waals surface area contributed by atoms with Gasteiger partial charge in [-0.15, -0.1) is 0 Å². The third-order valence-electron chi connectivity index (χ3n) is 3.50. The van der Waals surface area contributed by atoms with Crippen molar-refractivity contribution in [2.45, 2.75) is 25.8 Å². The Labute approximate surface area is 123 Å². The van der Waals surface area contributed by atoms with Crippen molar-refractivity contribution in [1.82, 2.24) is 15.1 Å². The van der Waals surface area contributed by atoms with E-state index in [2.05, 4.69) is 23.4 Å². The Bertz CT molecular complexity index is 575. The average Bonchev–Trinajstić information content (AvgIpc) is 2.80. The molecule has 0 aliphatic rings. The predicted octanol–water partition coefficient (Wildman–Crippen LogP) is 3.28. The van der Waals surface area contributed by atoms with E-state index in [-0.39, 0.29) is 11.9 Å². The molecule has 0 amide bonds. The van der Waals surface area contributed by atoms with Crippen LogP contribution in [0.4, 0.5) is 4.39 Å². The van der Waals surface area contributed by atoms with Gasteiger partial charge in [0.1, 0.15) is 5.82 Å². The third-order valence-corrected chi connectivity index (χ3v) is 3.86. The molecule has 1 aromatic carbocycles. The molecule has 2 rings (SSSR count). The van der Waals surface area contributed by atoms with E-state index in [1.54, 1.807) is 12.1 Å². The van der Waals surface area contributed by atoms with Gasteiger partial charge in [0.25, 0.3) is 0 Å². The van der Waals surface area contributed by atoms with E-state index in [4.69, 9.17) is 11.6 Å². The van der Waals surface area contributed by atoms with E-state index in [1.807, 2.05) is 18.8 Å². The molecule has 1 heterocycles. The van der Waals surface area contributed by atoms with E-state index in [1.165, 1.54) is 6.07 Å². The zero-order chi connectivity index (χ0) is 14.7. The summed E-state index contributed by atoms with van der Waals surface area (Å²) in [6.45, 7) is 2.06. The maximum absolute atomic E-state index is 13.9. The van der Waals surface area contributed by atoms with Crippen molar-refractivity contribution in [2.75, 3.05) is 7.05 Å². The molecule has 20 heavy (non-hydrogen) atoms. The van der Waals surface area contributed by atoms with Crippen molar-refractivity contribution in [3.63, 3.8) is 0 Å². The Kier molecular flexibility index (Phi) is 4.78. The highest BCUT2D eigenvalue weighted by molar-refractivity contribution is 6.31. The van der Waals surface area contributed by atoms with Gasteiger partial charge in [0.15, 0.2) is 0 Å². The molecule has 0 fully saturated rings. The van der Waals surface area contributed by atoms with Gasteiger partial charge < -0.3 is 5.32 Å². The number of aryl methyl sites for hydroxylation is 2. The van der Waals surface area contributed by atoms with Gasteiger partial charge in [0.05, 0.1) is 17.4 Å². The Hall–Kier alpha value is -1.39. The molecule has 1 aromatic heterocycles. The van der Waals surface area contributed by atoms with Crippen molar-refractivity contribution in [3.8, 4) is 0 Å². The minimum absolute atomic E-state index is 0.0257. The van der Waals surface area contributed by atoms with Crippen LogP contribution in [0.15, 0.2) is 24.3 Å². The number of nitrogens with one attached hydrogen (secondary N) is 1. The Morgan fingerprint density at radius 3 is 2.75 bits per heavy atom. The number of rotatable bonds is 5. The number of likely N-dealkylation sites (N-methyl/N-ethyl adjacent to an activating group) is 1. The lowest BCUT2D eigenvalue weighted by Gasteiger charge is -2.17. The molecule has 1 unspecified atom stereocenters. The van der Waals surface area contributed by atoms with Crippen LogP contribution in [-0.4, -0.2) is 16.8 Å². The molecule has 0 bridgehead atoms. The zero-order valence-electron chi connectivity index (χ0n) is 12.0. The highest BCUT2D eigenvalue weighted by Gasteiger charge is 2.18. The van der Waals surface area contributed by atoms with Crippen LogP contribution in [0.2, 0.25) is 5.02 Å². The molecule has 3 nitrogen and oxygen atoms in total. The topological polar surface area (TPSA) is 29.9 Å². The first-order chi connectivity index (χ1) is 9.56. The Morgan fingerprint density at radius 1 is 1.45 bits per heavy atom. The molecule has 1 atom stereocenters. The molecule has 0 aliphatic carbocycles. The lowest BCUT2D eigenvalue weighted by Crippen LogP contribution is -2.22. The number of nitrogens with zero attached hydrogens (tertiary/aromatic N) is 2. The lowest BCUT2D eigenvalue weighted by atomic mass is 10.0. The highest BCUT2D eigenvalue weighted by Crippen LogP contribution is 2.26. The Balaban J connectivity index is 2.31. The molecular formula is C15H19ClFN3. The number of benzene rings is 1. The molecule has 2 aromatic rings. The van der Waals surface area contributed by atoms with Crippen LogP contribution in [0, 0.1) is 5.82 Å². The summed E-state index contributed by atoms with van der Waals surface area (Å²) in [4.78, 5) is 0. The first-order valence-corrected chi connectivity index (χ1v) is 7.07. The predicted molar refractivity (Wildman–Crippen MR) is 79.5 cm³/mol. The van der Waals surface area contributed by atoms with E-state index < -0.39 is 0 Å². The van der Waals surface area contributed by atoms with Gasteiger partial charge in [-0.1, -0.05) is 24.6 Å². The van der Waals surface area contributed by atoms with Crippen molar-refractivity contribution < 1.29 is 4.39 Å². The summed E-state index contributed by atoms with van der Waals surface area (Å²) < 4.78 is 15.7. The standard InChI is InChI=1S/C15H19ClFN3/c1-4-10-8-15(20(3)19-10)14(18-2)9-11-12(16)6-5-7-13(11)17/h5-8,14,18H,4,9H2,1-3H3. The van der Waals surface area contributed by atoms with Crippen LogP contribution in [0.1, 0.15) is 29.9 Å². The van der Waals surface area contributed by atoms with E-state index >= 15 is 0 Å². The first kappa shape index (κ1) is 15.0. The fourth-order valence-corrected chi connectivity index (χ4v) is 2.57. The summed E-state index contributed by atoms with van der Waals surface area (Å²) in [5.41, 5.74) is 2.60. The fraction of sp³-hybridized carbons (Fsp3) is 0.400. The monoisotopic (exact) mass is 295 g/mol. The number of hydrogen-bond acceptors (Lipinski definition) is 2. The second-order valence-corrected chi connectivity index (χ2v) is 5.19. The van der Waals surface area contributed by atoms with Crippen molar-refractivity contribution in [1.29, 1.82) is 0 Å². The van der Waals surface area contributed by atoms with Gasteiger partial charge in [0, 0.05) is 17.6 Å². The van der Waals surface area contributed by atoms with Crippen molar-refractivity contribution in [3.05, 3.63) is 52.1 Å². The zero-order valence-corrected chi connectivity index (χ0v) is 12.7. The summed E-state index contributed by atoms with van der Waals surface area (Å²) >= 11 is 6.10. The summed E-state index contributed by atoms with van der Waals surface area (Å²) in [6, 6.07) is 6.80. The maximum Gasteiger partial charge on any atom is 0.127 e. The summed E-state index contributed by atoms with van der Waals surface area (Å²) in [5, 5.41) is 8.11. The number of hydrogen-bond donors (Lipinski definition) is 1. The van der Waals surface area contributed by atoms with E-state index in [0.717, 1.165) is 17.8 Å². The van der Waals surface area contributed by atoms with Crippen molar-refractivity contribution >= 4 is 11.6 Å². The SMILES string of the molecule is CCc1cc(C(Cc2c(F)cccc2Cl)NC)n(C)n1. The fourth-order valence-electron chi connectivity index (χ4n) is 2.33. The average molecular weight is 296 g/mol. The normalized spacial score (nSPS) is 12.7. The molecule has 108 valence electrons. The largest absolute Gasteiger partial charge is 0.311 e. The quantitative estimate of drug-likeness (QED) is 0.917. The molecular weight excluding hydrogens is 277 g/mol. The molecule has 0 saturated heterocycles. The summed E-state index contributed by atoms with van der Waals surface area (Å²) in [6.07, 6.45) is 1.37. The number of aromatic nitrogens is 2. The smallest absolute Gasteiger partial charge is 0.127 e. The molecule has 5 heteroatoms.